The standard InChI is InChI=1S/C81H153N2O7P/c1-7-10-13-16-19-22-25-27-29-31-33-35-37-39-41-43-45-47-49-51-53-55-58-61-64-67-70-73-80(84)82-78(77-89-91(86,87)88-76-75-83(4,5)6)79(72-69-66-63-60-57-24-21-18-15-12-9-3)90-81(85)74-71-68-65-62-59-56-54-52-50-48-46-44-42-40-38-36-34-32-30-28-26-23-20-17-14-11-8-2/h20,23,28,30,34,36,40,42,69,72,78-79H,7-19,21-22,24-27,29,31-33,35,37-39,41,43-68,70-71,73-77H2,1-6H3,(H-,82,84,86,87)/b23-20-,30-28-,36-34-,42-40-,72-69+. The summed E-state index contributed by atoms with van der Waals surface area (Å²) in [4.78, 5) is 40.3. The van der Waals surface area contributed by atoms with E-state index in [4.69, 9.17) is 13.8 Å². The average Bonchev–Trinajstić information content (AvgIpc) is 3.03. The molecule has 0 radical (unpaired) electrons. The summed E-state index contributed by atoms with van der Waals surface area (Å²) >= 11 is 0. The summed E-state index contributed by atoms with van der Waals surface area (Å²) in [6, 6.07) is -0.890. The van der Waals surface area contributed by atoms with E-state index in [1.165, 1.54) is 283 Å². The van der Waals surface area contributed by atoms with Gasteiger partial charge in [-0.15, -0.1) is 0 Å². The Morgan fingerprint density at radius 2 is 0.670 bits per heavy atom. The third-order valence-electron chi connectivity index (χ3n) is 18.0. The smallest absolute Gasteiger partial charge is 0.306 e. The fraction of sp³-hybridized carbons (Fsp3) is 0.852. The lowest BCUT2D eigenvalue weighted by molar-refractivity contribution is -0.870. The van der Waals surface area contributed by atoms with E-state index in [0.29, 0.717) is 17.4 Å². The van der Waals surface area contributed by atoms with E-state index in [2.05, 4.69) is 74.7 Å². The Morgan fingerprint density at radius 3 is 1.02 bits per heavy atom. The zero-order valence-corrected chi connectivity index (χ0v) is 62.2. The maximum atomic E-state index is 13.6. The molecule has 1 N–H and O–H groups in total. The van der Waals surface area contributed by atoms with Crippen LogP contribution < -0.4 is 10.2 Å². The summed E-state index contributed by atoms with van der Waals surface area (Å²) in [5, 5.41) is 3.05. The third kappa shape index (κ3) is 71.8. The molecule has 534 valence electrons. The quantitative estimate of drug-likeness (QED) is 0.0212. The topological polar surface area (TPSA) is 114 Å². The number of hydrogen-bond donors (Lipinski definition) is 1. The Morgan fingerprint density at radius 1 is 0.385 bits per heavy atom. The number of ether oxygens (including phenoxy) is 1. The van der Waals surface area contributed by atoms with Crippen LogP contribution in [0.15, 0.2) is 60.8 Å². The van der Waals surface area contributed by atoms with Crippen LogP contribution >= 0.6 is 7.82 Å². The molecule has 0 aromatic rings. The number of nitrogens with zero attached hydrogens (tertiary/aromatic N) is 1. The molecule has 0 bridgehead atoms. The average molecular weight is 1300 g/mol. The number of phosphoric ester groups is 1. The monoisotopic (exact) mass is 1300 g/mol. The minimum Gasteiger partial charge on any atom is -0.756 e. The van der Waals surface area contributed by atoms with Crippen molar-refractivity contribution in [2.75, 3.05) is 40.9 Å². The normalized spacial score (nSPS) is 13.7. The lowest BCUT2D eigenvalue weighted by Crippen LogP contribution is -2.47. The van der Waals surface area contributed by atoms with Crippen LogP contribution in [0.4, 0.5) is 0 Å². The number of carbonyl (C=O) groups is 2. The number of unbranched alkanes of at least 4 members (excludes halogenated alkanes) is 49. The number of phosphoric acid groups is 1. The van der Waals surface area contributed by atoms with Gasteiger partial charge in [0, 0.05) is 12.8 Å². The molecule has 0 aromatic carbocycles. The molecule has 9 nitrogen and oxygen atoms in total. The second-order valence-corrected chi connectivity index (χ2v) is 29.6. The molecule has 0 aromatic heterocycles. The number of rotatable bonds is 73. The van der Waals surface area contributed by atoms with Gasteiger partial charge in [0.25, 0.3) is 7.82 Å². The number of carbonyl (C=O) groups excluding carboxylic acids is 2. The second kappa shape index (κ2) is 70.5. The molecule has 91 heavy (non-hydrogen) atoms. The Hall–Kier alpha value is -2.29. The number of allylic oxidation sites excluding steroid dienone is 9. The first kappa shape index (κ1) is 88.7. The number of hydrogen-bond acceptors (Lipinski definition) is 7. The first-order valence-electron chi connectivity index (χ1n) is 39.6. The van der Waals surface area contributed by atoms with Gasteiger partial charge in [-0.1, -0.05) is 364 Å². The molecular weight excluding hydrogens is 1140 g/mol. The summed E-state index contributed by atoms with van der Waals surface area (Å²) in [5.74, 6) is -0.527. The maximum absolute atomic E-state index is 13.6. The van der Waals surface area contributed by atoms with Gasteiger partial charge in [-0.05, 0) is 76.7 Å². The molecule has 3 unspecified atom stereocenters. The van der Waals surface area contributed by atoms with Crippen molar-refractivity contribution in [3.8, 4) is 0 Å². The van der Waals surface area contributed by atoms with Gasteiger partial charge >= 0.3 is 5.97 Å². The van der Waals surface area contributed by atoms with E-state index in [-0.39, 0.29) is 31.5 Å². The summed E-state index contributed by atoms with van der Waals surface area (Å²) in [7, 11) is 1.20. The van der Waals surface area contributed by atoms with Crippen molar-refractivity contribution in [1.82, 2.24) is 5.32 Å². The maximum Gasteiger partial charge on any atom is 0.306 e. The Balaban J connectivity index is 4.87. The summed E-state index contributed by atoms with van der Waals surface area (Å²) in [5.41, 5.74) is 0. The van der Waals surface area contributed by atoms with Crippen LogP contribution in [0.1, 0.15) is 393 Å². The summed E-state index contributed by atoms with van der Waals surface area (Å²) in [6.07, 6.45) is 92.3. The van der Waals surface area contributed by atoms with E-state index in [1.807, 2.05) is 33.3 Å². The number of esters is 1. The van der Waals surface area contributed by atoms with Crippen LogP contribution in [0.3, 0.4) is 0 Å². The highest BCUT2D eigenvalue weighted by Crippen LogP contribution is 2.38. The molecule has 0 fully saturated rings. The fourth-order valence-corrected chi connectivity index (χ4v) is 12.6. The zero-order valence-electron chi connectivity index (χ0n) is 61.3. The van der Waals surface area contributed by atoms with Crippen molar-refractivity contribution < 1.29 is 37.3 Å². The number of likely N-dealkylation sites (N-methyl/N-ethyl adjacent to an activating group) is 1. The number of amides is 1. The van der Waals surface area contributed by atoms with Crippen LogP contribution in [0.25, 0.3) is 0 Å². The third-order valence-corrected chi connectivity index (χ3v) is 18.9. The van der Waals surface area contributed by atoms with E-state index >= 15 is 0 Å². The van der Waals surface area contributed by atoms with Gasteiger partial charge in [-0.25, -0.2) is 0 Å². The van der Waals surface area contributed by atoms with E-state index < -0.39 is 20.0 Å². The predicted molar refractivity (Wildman–Crippen MR) is 395 cm³/mol. The van der Waals surface area contributed by atoms with Crippen molar-refractivity contribution in [3.05, 3.63) is 60.8 Å². The Kier molecular flexibility index (Phi) is 68.7. The second-order valence-electron chi connectivity index (χ2n) is 28.2. The molecule has 0 aliphatic rings. The van der Waals surface area contributed by atoms with Crippen molar-refractivity contribution in [3.63, 3.8) is 0 Å². The number of quaternary nitrogens is 1. The lowest BCUT2D eigenvalue weighted by atomic mass is 10.0. The lowest BCUT2D eigenvalue weighted by Gasteiger charge is -2.30. The van der Waals surface area contributed by atoms with Gasteiger partial charge < -0.3 is 28.5 Å². The van der Waals surface area contributed by atoms with E-state index in [9.17, 15) is 19.0 Å². The van der Waals surface area contributed by atoms with Crippen LogP contribution in [-0.2, 0) is 27.9 Å². The highest BCUT2D eigenvalue weighted by molar-refractivity contribution is 7.45. The molecular formula is C81H153N2O7P. The molecule has 10 heteroatoms. The van der Waals surface area contributed by atoms with Crippen molar-refractivity contribution >= 4 is 19.7 Å². The molecule has 0 saturated carbocycles. The van der Waals surface area contributed by atoms with Gasteiger partial charge in [0.05, 0.1) is 33.8 Å². The first-order chi connectivity index (χ1) is 44.4. The molecule has 0 spiro atoms. The van der Waals surface area contributed by atoms with Crippen LogP contribution in [0.5, 0.6) is 0 Å². The first-order valence-corrected chi connectivity index (χ1v) is 41.1. The fourth-order valence-electron chi connectivity index (χ4n) is 11.9. The van der Waals surface area contributed by atoms with Gasteiger partial charge in [0.2, 0.25) is 5.91 Å². The van der Waals surface area contributed by atoms with Crippen molar-refractivity contribution in [1.29, 1.82) is 0 Å². The van der Waals surface area contributed by atoms with Gasteiger partial charge in [0.1, 0.15) is 19.3 Å². The minimum absolute atomic E-state index is 0.0216. The minimum atomic E-state index is -4.71. The predicted octanol–water partition coefficient (Wildman–Crippen LogP) is 25.1. The van der Waals surface area contributed by atoms with Crippen LogP contribution in [0.2, 0.25) is 0 Å². The van der Waals surface area contributed by atoms with Gasteiger partial charge in [-0.2, -0.15) is 0 Å². The molecule has 0 aliphatic heterocycles. The zero-order chi connectivity index (χ0) is 66.3. The number of nitrogens with one attached hydrogen (secondary N) is 1. The largest absolute Gasteiger partial charge is 0.756 e. The SMILES string of the molecule is CCCCC/C=C\C/C=C\C/C=C\C/C=C\CCCCCCCCCCCCCC(=O)OC(/C=C/CCCCCCCCCCC)C(COP(=O)([O-])OCC[N+](C)(C)C)NC(=O)CCCCCCCCCCCCCCCCCCCCCCCCCCCCC. The van der Waals surface area contributed by atoms with Crippen molar-refractivity contribution in [2.45, 2.75) is 405 Å². The van der Waals surface area contributed by atoms with E-state index in [1.54, 1.807) is 0 Å². The van der Waals surface area contributed by atoms with Gasteiger partial charge in [-0.3, -0.25) is 14.2 Å². The summed E-state index contributed by atoms with van der Waals surface area (Å²) in [6.45, 7) is 6.87. The van der Waals surface area contributed by atoms with Crippen molar-refractivity contribution in [2.24, 2.45) is 0 Å². The Labute approximate surface area is 566 Å². The van der Waals surface area contributed by atoms with E-state index in [0.717, 1.165) is 77.0 Å². The molecule has 1 amide bonds. The summed E-state index contributed by atoms with van der Waals surface area (Å²) < 4.78 is 30.5. The van der Waals surface area contributed by atoms with Gasteiger partial charge in [0.15, 0.2) is 0 Å². The van der Waals surface area contributed by atoms with Crippen LogP contribution in [0, 0.1) is 0 Å². The highest BCUT2D eigenvalue weighted by Gasteiger charge is 2.27. The molecule has 3 atom stereocenters. The Bertz CT molecular complexity index is 1740. The molecule has 0 saturated heterocycles. The van der Waals surface area contributed by atoms with Crippen LogP contribution in [-0.4, -0.2) is 69.4 Å². The molecule has 0 heterocycles. The highest BCUT2D eigenvalue weighted by atomic mass is 31.2. The molecule has 0 aliphatic carbocycles. The molecule has 0 rings (SSSR count).